The Hall–Kier alpha value is -2.74. The lowest BCUT2D eigenvalue weighted by atomic mass is 10.2. The fourth-order valence-corrected chi connectivity index (χ4v) is 1.95. The molecule has 6 nitrogen and oxygen atoms in total. The number of nitro benzene ring substituents is 1. The zero-order valence-electron chi connectivity index (χ0n) is 11.5. The number of benzene rings is 2. The van der Waals surface area contributed by atoms with E-state index in [2.05, 4.69) is 10.6 Å². The maximum absolute atomic E-state index is 13.1. The molecule has 0 heterocycles. The summed E-state index contributed by atoms with van der Waals surface area (Å²) in [6, 6.07) is 10.2. The van der Waals surface area contributed by atoms with Gasteiger partial charge < -0.3 is 15.4 Å². The molecule has 0 bridgehead atoms. The first kappa shape index (κ1) is 15.6. The molecule has 8 heteroatoms. The third-order valence-corrected chi connectivity index (χ3v) is 2.96. The van der Waals surface area contributed by atoms with E-state index in [-0.39, 0.29) is 16.5 Å². The molecule has 2 aromatic carbocycles. The van der Waals surface area contributed by atoms with E-state index in [1.807, 2.05) is 0 Å². The minimum absolute atomic E-state index is 0.109. The van der Waals surface area contributed by atoms with Gasteiger partial charge in [0.2, 0.25) is 0 Å². The average molecular weight is 321 g/mol. The van der Waals surface area contributed by atoms with E-state index < -0.39 is 10.7 Å². The van der Waals surface area contributed by atoms with Gasteiger partial charge in [0.15, 0.2) is 5.11 Å². The van der Waals surface area contributed by atoms with Crippen molar-refractivity contribution in [1.82, 2.24) is 0 Å². The molecule has 0 saturated heterocycles. The van der Waals surface area contributed by atoms with Crippen LogP contribution in [-0.4, -0.2) is 17.1 Å². The van der Waals surface area contributed by atoms with Gasteiger partial charge in [-0.25, -0.2) is 4.39 Å². The van der Waals surface area contributed by atoms with Crippen LogP contribution >= 0.6 is 12.2 Å². The Morgan fingerprint density at radius 3 is 2.50 bits per heavy atom. The predicted molar refractivity (Wildman–Crippen MR) is 85.9 cm³/mol. The first-order chi connectivity index (χ1) is 10.5. The second-order valence-corrected chi connectivity index (χ2v) is 4.63. The minimum atomic E-state index is -0.689. The normalized spacial score (nSPS) is 9.91. The molecule has 22 heavy (non-hydrogen) atoms. The van der Waals surface area contributed by atoms with Gasteiger partial charge in [-0.1, -0.05) is 0 Å². The maximum atomic E-state index is 13.1. The summed E-state index contributed by atoms with van der Waals surface area (Å²) >= 11 is 5.09. The van der Waals surface area contributed by atoms with Crippen molar-refractivity contribution in [2.24, 2.45) is 0 Å². The van der Waals surface area contributed by atoms with Crippen LogP contribution in [0.3, 0.4) is 0 Å². The number of methoxy groups -OCH3 is 1. The highest BCUT2D eigenvalue weighted by Crippen LogP contribution is 2.25. The molecule has 114 valence electrons. The van der Waals surface area contributed by atoms with Crippen molar-refractivity contribution in [2.75, 3.05) is 17.7 Å². The maximum Gasteiger partial charge on any atom is 0.295 e. The molecular formula is C14H12FN3O3S. The van der Waals surface area contributed by atoms with Crippen LogP contribution in [0.4, 0.5) is 21.5 Å². The van der Waals surface area contributed by atoms with Crippen molar-refractivity contribution in [1.29, 1.82) is 0 Å². The van der Waals surface area contributed by atoms with Gasteiger partial charge in [0, 0.05) is 5.69 Å². The van der Waals surface area contributed by atoms with E-state index >= 15 is 0 Å². The summed E-state index contributed by atoms with van der Waals surface area (Å²) < 4.78 is 18.1. The van der Waals surface area contributed by atoms with Crippen LogP contribution in [0, 0.1) is 15.9 Å². The van der Waals surface area contributed by atoms with E-state index in [0.29, 0.717) is 11.4 Å². The van der Waals surface area contributed by atoms with E-state index in [9.17, 15) is 14.5 Å². The van der Waals surface area contributed by atoms with Crippen molar-refractivity contribution >= 4 is 34.4 Å². The Morgan fingerprint density at radius 2 is 1.91 bits per heavy atom. The van der Waals surface area contributed by atoms with Crippen LogP contribution in [0.2, 0.25) is 0 Å². The monoisotopic (exact) mass is 321 g/mol. The Morgan fingerprint density at radius 1 is 1.23 bits per heavy atom. The number of thiocarbonyl (C=S) groups is 1. The highest BCUT2D eigenvalue weighted by molar-refractivity contribution is 7.80. The van der Waals surface area contributed by atoms with Gasteiger partial charge in [-0.3, -0.25) is 10.1 Å². The van der Waals surface area contributed by atoms with Gasteiger partial charge in [0.25, 0.3) is 5.69 Å². The largest absolute Gasteiger partial charge is 0.497 e. The molecule has 2 rings (SSSR count). The first-order valence-electron chi connectivity index (χ1n) is 6.15. The molecule has 0 spiro atoms. The lowest BCUT2D eigenvalue weighted by Gasteiger charge is -2.11. The Kier molecular flexibility index (Phi) is 4.84. The molecule has 0 radical (unpaired) electrons. The molecule has 0 aliphatic heterocycles. The van der Waals surface area contributed by atoms with E-state index in [4.69, 9.17) is 17.0 Å². The third-order valence-electron chi connectivity index (χ3n) is 2.75. The molecule has 0 unspecified atom stereocenters. The molecule has 0 aromatic heterocycles. The Balaban J connectivity index is 2.10. The van der Waals surface area contributed by atoms with Crippen molar-refractivity contribution in [3.05, 3.63) is 58.4 Å². The van der Waals surface area contributed by atoms with Crippen molar-refractivity contribution in [2.45, 2.75) is 0 Å². The van der Waals surface area contributed by atoms with Gasteiger partial charge in [-0.2, -0.15) is 0 Å². The molecule has 0 saturated carbocycles. The molecule has 0 fully saturated rings. The van der Waals surface area contributed by atoms with Crippen LogP contribution in [0.1, 0.15) is 0 Å². The third kappa shape index (κ3) is 3.89. The first-order valence-corrected chi connectivity index (χ1v) is 6.56. The number of hydrogen-bond acceptors (Lipinski definition) is 4. The SMILES string of the molecule is COc1ccc(NC(=S)Nc2ccc(F)cc2[N+](=O)[O-])cc1. The summed E-state index contributed by atoms with van der Waals surface area (Å²) in [4.78, 5) is 10.2. The molecule has 0 amide bonds. The van der Waals surface area contributed by atoms with E-state index in [1.54, 1.807) is 31.4 Å². The fraction of sp³-hybridized carbons (Fsp3) is 0.0714. The van der Waals surface area contributed by atoms with Crippen molar-refractivity contribution in [3.63, 3.8) is 0 Å². The standard InChI is InChI=1S/C14H12FN3O3S/c1-21-11-5-3-10(4-6-11)16-14(22)17-12-7-2-9(15)8-13(12)18(19)20/h2-8H,1H3,(H2,16,17,22). The summed E-state index contributed by atoms with van der Waals surface area (Å²) in [5.74, 6) is 0.00452. The van der Waals surface area contributed by atoms with E-state index in [1.165, 1.54) is 6.07 Å². The summed E-state index contributed by atoms with van der Waals surface area (Å²) in [5, 5.41) is 16.6. The number of nitrogens with zero attached hydrogens (tertiary/aromatic N) is 1. The van der Waals surface area contributed by atoms with E-state index in [0.717, 1.165) is 12.1 Å². The predicted octanol–water partition coefficient (Wildman–Crippen LogP) is 3.55. The Bertz CT molecular complexity index is 707. The number of hydrogen-bond donors (Lipinski definition) is 2. The molecule has 0 atom stereocenters. The number of halogens is 1. The molecule has 0 aliphatic rings. The van der Waals surface area contributed by atoms with Crippen LogP contribution in [0.5, 0.6) is 5.75 Å². The zero-order valence-corrected chi connectivity index (χ0v) is 12.3. The van der Waals surface area contributed by atoms with Gasteiger partial charge in [-0.15, -0.1) is 0 Å². The number of anilines is 2. The molecule has 0 aliphatic carbocycles. The fourth-order valence-electron chi connectivity index (χ4n) is 1.72. The molecular weight excluding hydrogens is 309 g/mol. The lowest BCUT2D eigenvalue weighted by Crippen LogP contribution is -2.19. The number of rotatable bonds is 4. The van der Waals surface area contributed by atoms with Gasteiger partial charge in [-0.05, 0) is 48.6 Å². The second-order valence-electron chi connectivity index (χ2n) is 4.23. The number of nitro groups is 1. The number of ether oxygens (including phenoxy) is 1. The summed E-state index contributed by atoms with van der Waals surface area (Å²) in [7, 11) is 1.56. The zero-order chi connectivity index (χ0) is 16.1. The van der Waals surface area contributed by atoms with Crippen LogP contribution < -0.4 is 15.4 Å². The lowest BCUT2D eigenvalue weighted by molar-refractivity contribution is -0.384. The van der Waals surface area contributed by atoms with Gasteiger partial charge in [0.1, 0.15) is 17.3 Å². The van der Waals surface area contributed by atoms with Gasteiger partial charge in [0.05, 0.1) is 18.1 Å². The summed E-state index contributed by atoms with van der Waals surface area (Å²) in [6.07, 6.45) is 0. The van der Waals surface area contributed by atoms with Crippen LogP contribution in [0.25, 0.3) is 0 Å². The molecule has 2 aromatic rings. The minimum Gasteiger partial charge on any atom is -0.497 e. The smallest absolute Gasteiger partial charge is 0.295 e. The number of nitrogens with one attached hydrogen (secondary N) is 2. The molecule has 2 N–H and O–H groups in total. The van der Waals surface area contributed by atoms with Crippen molar-refractivity contribution in [3.8, 4) is 5.75 Å². The highest BCUT2D eigenvalue weighted by Gasteiger charge is 2.15. The van der Waals surface area contributed by atoms with Gasteiger partial charge >= 0.3 is 0 Å². The van der Waals surface area contributed by atoms with Crippen LogP contribution in [-0.2, 0) is 0 Å². The average Bonchev–Trinajstić information content (AvgIpc) is 2.49. The summed E-state index contributed by atoms with van der Waals surface area (Å²) in [5.41, 5.74) is 0.402. The van der Waals surface area contributed by atoms with Crippen LogP contribution in [0.15, 0.2) is 42.5 Å². The summed E-state index contributed by atoms with van der Waals surface area (Å²) in [6.45, 7) is 0. The topological polar surface area (TPSA) is 76.4 Å². The van der Waals surface area contributed by atoms with Crippen molar-refractivity contribution < 1.29 is 14.1 Å². The highest BCUT2D eigenvalue weighted by atomic mass is 32.1. The Labute approximate surface area is 131 Å². The quantitative estimate of drug-likeness (QED) is 0.509. The second kappa shape index (κ2) is 6.81.